The molecule has 0 aliphatic rings. The zero-order valence-electron chi connectivity index (χ0n) is 16.0. The Morgan fingerprint density at radius 1 is 1.19 bits per heavy atom. The molecule has 2 rings (SSSR count). The second-order valence-corrected chi connectivity index (χ2v) is 8.96. The summed E-state index contributed by atoms with van der Waals surface area (Å²) in [6.07, 6.45) is 2.26. The zero-order chi connectivity index (χ0) is 19.2. The molecule has 6 nitrogen and oxygen atoms in total. The molecule has 1 N–H and O–H groups in total. The van der Waals surface area contributed by atoms with Crippen molar-refractivity contribution in [3.8, 4) is 0 Å². The molecule has 0 saturated carbocycles. The van der Waals surface area contributed by atoms with Crippen LogP contribution in [0.5, 0.6) is 0 Å². The number of aromatic nitrogens is 2. The minimum atomic E-state index is -3.62. The van der Waals surface area contributed by atoms with Crippen molar-refractivity contribution >= 4 is 10.0 Å². The van der Waals surface area contributed by atoms with E-state index in [0.717, 1.165) is 5.56 Å². The fourth-order valence-electron chi connectivity index (χ4n) is 2.57. The normalized spacial score (nSPS) is 12.5. The molecular weight excluding hydrogens is 350 g/mol. The topological polar surface area (TPSA) is 73.2 Å². The minimum absolute atomic E-state index is 0.248. The highest BCUT2D eigenvalue weighted by molar-refractivity contribution is 7.89. The molecule has 0 spiro atoms. The number of hydrogen-bond acceptors (Lipinski definition) is 4. The molecule has 0 amide bonds. The van der Waals surface area contributed by atoms with Gasteiger partial charge in [0.2, 0.25) is 10.0 Å². The van der Waals surface area contributed by atoms with E-state index in [1.54, 1.807) is 10.9 Å². The van der Waals surface area contributed by atoms with Gasteiger partial charge in [0.05, 0.1) is 12.2 Å². The Kier molecular flexibility index (Phi) is 6.97. The van der Waals surface area contributed by atoms with Crippen molar-refractivity contribution in [1.82, 2.24) is 14.5 Å². The van der Waals surface area contributed by atoms with Gasteiger partial charge >= 0.3 is 0 Å². The Morgan fingerprint density at radius 2 is 1.88 bits per heavy atom. The number of hydrogen-bond donors (Lipinski definition) is 1. The van der Waals surface area contributed by atoms with Crippen molar-refractivity contribution in [1.29, 1.82) is 0 Å². The third-order valence-corrected chi connectivity index (χ3v) is 5.34. The predicted molar refractivity (Wildman–Crippen MR) is 103 cm³/mol. The zero-order valence-corrected chi connectivity index (χ0v) is 16.8. The van der Waals surface area contributed by atoms with E-state index in [9.17, 15) is 8.42 Å². The predicted octanol–water partition coefficient (Wildman–Crippen LogP) is 2.93. The van der Waals surface area contributed by atoms with E-state index in [1.165, 1.54) is 0 Å². The summed E-state index contributed by atoms with van der Waals surface area (Å²) in [5.74, 6) is 0. The first kappa shape index (κ1) is 20.6. The van der Waals surface area contributed by atoms with Crippen LogP contribution < -0.4 is 4.72 Å². The third kappa shape index (κ3) is 5.65. The number of ether oxygens (including phenoxy) is 1. The highest BCUT2D eigenvalue weighted by Crippen LogP contribution is 2.27. The van der Waals surface area contributed by atoms with E-state index in [0.29, 0.717) is 38.4 Å². The van der Waals surface area contributed by atoms with E-state index in [4.69, 9.17) is 4.74 Å². The number of rotatable bonds is 9. The summed E-state index contributed by atoms with van der Waals surface area (Å²) in [6.45, 7) is 9.87. The SMILES string of the molecule is CCOCCCNS(=O)(=O)c1cn(Cc2ccccc2)nc1C(C)(C)C. The first-order valence-electron chi connectivity index (χ1n) is 8.93. The summed E-state index contributed by atoms with van der Waals surface area (Å²) in [7, 11) is -3.62. The average molecular weight is 380 g/mol. The fourth-order valence-corrected chi connectivity index (χ4v) is 4.00. The van der Waals surface area contributed by atoms with Crippen LogP contribution in [0.25, 0.3) is 0 Å². The van der Waals surface area contributed by atoms with Crippen LogP contribution >= 0.6 is 0 Å². The van der Waals surface area contributed by atoms with Crippen molar-refractivity contribution in [2.45, 2.75) is 51.0 Å². The Hall–Kier alpha value is -1.70. The maximum Gasteiger partial charge on any atom is 0.243 e. The van der Waals surface area contributed by atoms with Crippen LogP contribution in [0, 0.1) is 0 Å². The smallest absolute Gasteiger partial charge is 0.243 e. The molecule has 0 unspecified atom stereocenters. The summed E-state index contributed by atoms with van der Waals surface area (Å²) in [5.41, 5.74) is 1.27. The Morgan fingerprint density at radius 3 is 2.50 bits per heavy atom. The van der Waals surface area contributed by atoms with Crippen LogP contribution in [-0.2, 0) is 26.7 Å². The lowest BCUT2D eigenvalue weighted by Crippen LogP contribution is -2.28. The van der Waals surface area contributed by atoms with E-state index >= 15 is 0 Å². The lowest BCUT2D eigenvalue weighted by atomic mass is 9.92. The van der Waals surface area contributed by atoms with Gasteiger partial charge in [-0.2, -0.15) is 5.10 Å². The third-order valence-electron chi connectivity index (χ3n) is 3.88. The second kappa shape index (κ2) is 8.79. The first-order chi connectivity index (χ1) is 12.2. The lowest BCUT2D eigenvalue weighted by molar-refractivity contribution is 0.146. The largest absolute Gasteiger partial charge is 0.382 e. The summed E-state index contributed by atoms with van der Waals surface area (Å²) >= 11 is 0. The van der Waals surface area contributed by atoms with Gasteiger partial charge in [-0.15, -0.1) is 0 Å². The number of nitrogens with zero attached hydrogens (tertiary/aromatic N) is 2. The lowest BCUT2D eigenvalue weighted by Gasteiger charge is -2.17. The quantitative estimate of drug-likeness (QED) is 0.680. The average Bonchev–Trinajstić information content (AvgIpc) is 3.01. The molecule has 1 aromatic heterocycles. The molecule has 0 fully saturated rings. The summed E-state index contributed by atoms with van der Waals surface area (Å²) in [5, 5.41) is 4.57. The molecule has 0 radical (unpaired) electrons. The van der Waals surface area contributed by atoms with Crippen LogP contribution in [0.4, 0.5) is 0 Å². The van der Waals surface area contributed by atoms with E-state index in [1.807, 2.05) is 58.0 Å². The van der Waals surface area contributed by atoms with E-state index in [2.05, 4.69) is 9.82 Å². The highest BCUT2D eigenvalue weighted by atomic mass is 32.2. The molecule has 1 aromatic carbocycles. The second-order valence-electron chi connectivity index (χ2n) is 7.22. The van der Waals surface area contributed by atoms with Crippen LogP contribution in [0.1, 0.15) is 45.4 Å². The van der Waals surface area contributed by atoms with Crippen LogP contribution in [-0.4, -0.2) is 38.0 Å². The van der Waals surface area contributed by atoms with Crippen molar-refractivity contribution in [2.75, 3.05) is 19.8 Å². The summed E-state index contributed by atoms with van der Waals surface area (Å²) in [4.78, 5) is 0.248. The molecule has 0 bridgehead atoms. The molecule has 0 aliphatic heterocycles. The van der Waals surface area contributed by atoms with Gasteiger partial charge in [0, 0.05) is 31.4 Å². The molecular formula is C19H29N3O3S. The van der Waals surface area contributed by atoms with Crippen molar-refractivity contribution in [3.05, 3.63) is 47.8 Å². The first-order valence-corrected chi connectivity index (χ1v) is 10.4. The molecule has 7 heteroatoms. The maximum absolute atomic E-state index is 12.8. The van der Waals surface area contributed by atoms with Crippen molar-refractivity contribution in [2.24, 2.45) is 0 Å². The van der Waals surface area contributed by atoms with Gasteiger partial charge in [0.25, 0.3) is 0 Å². The minimum Gasteiger partial charge on any atom is -0.382 e. The summed E-state index contributed by atoms with van der Waals surface area (Å²) < 4.78 is 35.2. The number of sulfonamides is 1. The number of nitrogens with one attached hydrogen (secondary N) is 1. The molecule has 0 atom stereocenters. The van der Waals surface area contributed by atoms with Gasteiger partial charge in [-0.1, -0.05) is 51.1 Å². The van der Waals surface area contributed by atoms with Crippen LogP contribution in [0.2, 0.25) is 0 Å². The molecule has 0 saturated heterocycles. The van der Waals surface area contributed by atoms with Crippen LogP contribution in [0.3, 0.4) is 0 Å². The van der Waals surface area contributed by atoms with Gasteiger partial charge in [-0.05, 0) is 18.9 Å². The monoisotopic (exact) mass is 379 g/mol. The Labute approximate surface area is 156 Å². The van der Waals surface area contributed by atoms with Crippen molar-refractivity contribution in [3.63, 3.8) is 0 Å². The van der Waals surface area contributed by atoms with Gasteiger partial charge in [0.15, 0.2) is 0 Å². The number of benzene rings is 1. The standard InChI is InChI=1S/C19H29N3O3S/c1-5-25-13-9-12-20-26(23,24)17-15-22(21-18(17)19(2,3)4)14-16-10-7-6-8-11-16/h6-8,10-11,15,20H,5,9,12-14H2,1-4H3. The van der Waals surface area contributed by atoms with Gasteiger partial charge in [-0.3, -0.25) is 4.68 Å². The van der Waals surface area contributed by atoms with Gasteiger partial charge < -0.3 is 4.74 Å². The molecule has 144 valence electrons. The van der Waals surface area contributed by atoms with E-state index in [-0.39, 0.29) is 10.3 Å². The van der Waals surface area contributed by atoms with Gasteiger partial charge in [-0.25, -0.2) is 13.1 Å². The molecule has 1 heterocycles. The fraction of sp³-hybridized carbons (Fsp3) is 0.526. The molecule has 2 aromatic rings. The van der Waals surface area contributed by atoms with Crippen LogP contribution in [0.15, 0.2) is 41.4 Å². The van der Waals surface area contributed by atoms with Gasteiger partial charge in [0.1, 0.15) is 4.90 Å². The maximum atomic E-state index is 12.8. The van der Waals surface area contributed by atoms with E-state index < -0.39 is 10.0 Å². The highest BCUT2D eigenvalue weighted by Gasteiger charge is 2.29. The molecule has 26 heavy (non-hydrogen) atoms. The summed E-state index contributed by atoms with van der Waals surface area (Å²) in [6, 6.07) is 9.87. The Bertz CT molecular complexity index is 793. The Balaban J connectivity index is 2.22. The van der Waals surface area contributed by atoms with Crippen molar-refractivity contribution < 1.29 is 13.2 Å². The molecule has 0 aliphatic carbocycles.